The number of ether oxygens (including phenoxy) is 3. The summed E-state index contributed by atoms with van der Waals surface area (Å²) in [5.41, 5.74) is 4.63. The SMILES string of the molecule is C#CC1(COC(=O)CCCCCCCCCC)OC(n2cnc3c(N)nc(F)nc32)CC1OC(=O)CCCCCCCCCC. The fourth-order valence-corrected chi connectivity index (χ4v) is 5.75. The number of nitrogens with zero attached hydrogens (tertiary/aromatic N) is 4. The fraction of sp³-hybridized carbons (Fsp3) is 0.735. The minimum absolute atomic E-state index is 0.110. The van der Waals surface area contributed by atoms with Gasteiger partial charge in [-0.25, -0.2) is 4.98 Å². The zero-order valence-electron chi connectivity index (χ0n) is 27.2. The predicted molar refractivity (Wildman–Crippen MR) is 171 cm³/mol. The Balaban J connectivity index is 1.61. The topological polar surface area (TPSA) is 131 Å². The van der Waals surface area contributed by atoms with Crippen molar-refractivity contribution in [3.8, 4) is 12.3 Å². The Morgan fingerprint density at radius 1 is 0.956 bits per heavy atom. The number of unbranched alkanes of at least 4 members (excludes halogenated alkanes) is 14. The van der Waals surface area contributed by atoms with Gasteiger partial charge in [-0.3, -0.25) is 14.2 Å². The van der Waals surface area contributed by atoms with Crippen molar-refractivity contribution in [1.82, 2.24) is 19.5 Å². The number of nitrogens with two attached hydrogens (primary N) is 1. The molecular formula is C34H52FN5O5. The van der Waals surface area contributed by atoms with Crippen LogP contribution in [0.15, 0.2) is 6.33 Å². The van der Waals surface area contributed by atoms with Gasteiger partial charge in [0.1, 0.15) is 18.9 Å². The summed E-state index contributed by atoms with van der Waals surface area (Å²) in [7, 11) is 0. The van der Waals surface area contributed by atoms with Crippen molar-refractivity contribution in [2.75, 3.05) is 12.3 Å². The number of aromatic nitrogens is 4. The lowest BCUT2D eigenvalue weighted by Gasteiger charge is -2.28. The lowest BCUT2D eigenvalue weighted by Crippen LogP contribution is -2.45. The third-order valence-corrected chi connectivity index (χ3v) is 8.45. The third-order valence-electron chi connectivity index (χ3n) is 8.45. The van der Waals surface area contributed by atoms with Crippen LogP contribution in [0.4, 0.5) is 10.2 Å². The van der Waals surface area contributed by atoms with Crippen LogP contribution in [0, 0.1) is 18.4 Å². The maximum absolute atomic E-state index is 14.0. The van der Waals surface area contributed by atoms with Gasteiger partial charge in [0, 0.05) is 19.3 Å². The van der Waals surface area contributed by atoms with Crippen molar-refractivity contribution in [3.63, 3.8) is 0 Å². The number of imidazole rings is 1. The molecule has 1 fully saturated rings. The standard InChI is InChI=1S/C34H52FN5O5/c1-4-7-9-11-13-15-17-19-21-28(41)43-24-34(6-3)26(44-29(42)22-20-18-16-14-12-10-8-5-2)23-27(45-34)40-25-37-30-31(36)38-33(35)39-32(30)40/h3,25-27H,4-5,7-24H2,1-2H3,(H2,36,38,39). The van der Waals surface area contributed by atoms with Gasteiger partial charge >= 0.3 is 18.0 Å². The summed E-state index contributed by atoms with van der Waals surface area (Å²) in [6, 6.07) is 0. The smallest absolute Gasteiger partial charge is 0.312 e. The first kappa shape index (κ1) is 36.2. The van der Waals surface area contributed by atoms with E-state index < -0.39 is 30.0 Å². The Hall–Kier alpha value is -3.26. The second kappa shape index (κ2) is 19.3. The molecule has 0 saturated carbocycles. The normalized spacial score (nSPS) is 19.5. The van der Waals surface area contributed by atoms with Crippen molar-refractivity contribution >= 4 is 28.9 Å². The molecule has 0 radical (unpaired) electrons. The van der Waals surface area contributed by atoms with E-state index in [9.17, 15) is 14.0 Å². The van der Waals surface area contributed by atoms with Crippen LogP contribution < -0.4 is 5.73 Å². The van der Waals surface area contributed by atoms with Gasteiger partial charge in [-0.2, -0.15) is 14.4 Å². The average Bonchev–Trinajstić information content (AvgIpc) is 3.60. The molecule has 0 aliphatic carbocycles. The van der Waals surface area contributed by atoms with E-state index in [2.05, 4.69) is 34.7 Å². The van der Waals surface area contributed by atoms with Gasteiger partial charge in [0.15, 0.2) is 17.0 Å². The van der Waals surface area contributed by atoms with Crippen molar-refractivity contribution in [3.05, 3.63) is 12.4 Å². The van der Waals surface area contributed by atoms with E-state index in [1.807, 2.05) is 0 Å². The quantitative estimate of drug-likeness (QED) is 0.0614. The number of hydrogen-bond donors (Lipinski definition) is 1. The number of nitrogen functional groups attached to an aromatic ring is 1. The van der Waals surface area contributed by atoms with Crippen molar-refractivity contribution < 1.29 is 28.2 Å². The number of carbonyl (C=O) groups is 2. The van der Waals surface area contributed by atoms with E-state index in [1.165, 1.54) is 68.7 Å². The molecule has 1 saturated heterocycles. The van der Waals surface area contributed by atoms with Gasteiger partial charge in [0.2, 0.25) is 5.60 Å². The number of hydrogen-bond acceptors (Lipinski definition) is 9. The largest absolute Gasteiger partial charge is 0.461 e. The van der Waals surface area contributed by atoms with Gasteiger partial charge in [-0.05, 0) is 12.8 Å². The van der Waals surface area contributed by atoms with E-state index >= 15 is 0 Å². The number of halogens is 1. The van der Waals surface area contributed by atoms with Crippen LogP contribution in [0.2, 0.25) is 0 Å². The molecule has 3 rings (SSSR count). The van der Waals surface area contributed by atoms with Crippen molar-refractivity contribution in [1.29, 1.82) is 0 Å². The van der Waals surface area contributed by atoms with Gasteiger partial charge < -0.3 is 19.9 Å². The summed E-state index contributed by atoms with van der Waals surface area (Å²) in [5, 5.41) is 0. The van der Waals surface area contributed by atoms with Gasteiger partial charge in [0.05, 0.1) is 6.33 Å². The molecule has 10 nitrogen and oxygen atoms in total. The van der Waals surface area contributed by atoms with E-state index in [4.69, 9.17) is 26.4 Å². The maximum Gasteiger partial charge on any atom is 0.312 e. The minimum Gasteiger partial charge on any atom is -0.461 e. The summed E-state index contributed by atoms with van der Waals surface area (Å²) in [4.78, 5) is 37.2. The van der Waals surface area contributed by atoms with Crippen LogP contribution in [0.3, 0.4) is 0 Å². The van der Waals surface area contributed by atoms with Crippen LogP contribution in [0.5, 0.6) is 0 Å². The minimum atomic E-state index is -1.54. The molecule has 250 valence electrons. The molecule has 0 bridgehead atoms. The molecule has 0 spiro atoms. The number of fused-ring (bicyclic) bond motifs is 1. The van der Waals surface area contributed by atoms with Crippen molar-refractivity contribution in [2.45, 2.75) is 154 Å². The molecule has 1 aliphatic rings. The van der Waals surface area contributed by atoms with E-state index in [0.29, 0.717) is 6.42 Å². The highest BCUT2D eigenvalue weighted by molar-refractivity contribution is 5.81. The first-order valence-corrected chi connectivity index (χ1v) is 17.0. The summed E-state index contributed by atoms with van der Waals surface area (Å²) in [6.07, 6.45) is 23.0. The monoisotopic (exact) mass is 629 g/mol. The molecule has 2 N–H and O–H groups in total. The molecule has 2 aromatic heterocycles. The number of terminal acetylenes is 1. The fourth-order valence-electron chi connectivity index (χ4n) is 5.75. The van der Waals surface area contributed by atoms with E-state index in [1.54, 1.807) is 0 Å². The number of carbonyl (C=O) groups excluding carboxylic acids is 2. The summed E-state index contributed by atoms with van der Waals surface area (Å²) < 4.78 is 33.3. The second-order valence-corrected chi connectivity index (χ2v) is 12.1. The lowest BCUT2D eigenvalue weighted by atomic mass is 9.98. The maximum atomic E-state index is 14.0. The van der Waals surface area contributed by atoms with Crippen LogP contribution in [0.1, 0.15) is 142 Å². The Morgan fingerprint density at radius 3 is 2.09 bits per heavy atom. The highest BCUT2D eigenvalue weighted by atomic mass is 19.1. The first-order chi connectivity index (χ1) is 21.8. The zero-order valence-corrected chi connectivity index (χ0v) is 27.2. The molecular weight excluding hydrogens is 577 g/mol. The second-order valence-electron chi connectivity index (χ2n) is 12.1. The Bertz CT molecular complexity index is 1250. The first-order valence-electron chi connectivity index (χ1n) is 17.0. The van der Waals surface area contributed by atoms with Gasteiger partial charge in [-0.1, -0.05) is 110 Å². The van der Waals surface area contributed by atoms with E-state index in [0.717, 1.165) is 38.5 Å². The Kier molecular flexibility index (Phi) is 15.5. The van der Waals surface area contributed by atoms with E-state index in [-0.39, 0.29) is 48.8 Å². The molecule has 3 atom stereocenters. The molecule has 0 amide bonds. The summed E-state index contributed by atoms with van der Waals surface area (Å²) in [6.45, 7) is 4.11. The molecule has 2 aromatic rings. The number of rotatable bonds is 22. The molecule has 11 heteroatoms. The summed E-state index contributed by atoms with van der Waals surface area (Å²) >= 11 is 0. The van der Waals surface area contributed by atoms with Crippen LogP contribution in [0.25, 0.3) is 11.2 Å². The Labute approximate surface area is 267 Å². The molecule has 3 heterocycles. The molecule has 1 aliphatic heterocycles. The van der Waals surface area contributed by atoms with Crippen LogP contribution in [-0.2, 0) is 23.8 Å². The highest BCUT2D eigenvalue weighted by Gasteiger charge is 2.52. The number of anilines is 1. The summed E-state index contributed by atoms with van der Waals surface area (Å²) in [5.74, 6) is 1.72. The molecule has 0 aromatic carbocycles. The van der Waals surface area contributed by atoms with Gasteiger partial charge in [-0.15, -0.1) is 6.42 Å². The molecule has 45 heavy (non-hydrogen) atoms. The average molecular weight is 630 g/mol. The third kappa shape index (κ3) is 11.2. The van der Waals surface area contributed by atoms with Crippen LogP contribution in [-0.4, -0.2) is 49.8 Å². The van der Waals surface area contributed by atoms with Crippen LogP contribution >= 0.6 is 0 Å². The highest BCUT2D eigenvalue weighted by Crippen LogP contribution is 2.40. The van der Waals surface area contributed by atoms with Crippen molar-refractivity contribution in [2.24, 2.45) is 0 Å². The lowest BCUT2D eigenvalue weighted by molar-refractivity contribution is -0.166. The zero-order chi connectivity index (χ0) is 32.5. The molecule has 3 unspecified atom stereocenters. The number of esters is 2. The van der Waals surface area contributed by atoms with Gasteiger partial charge in [0.25, 0.3) is 0 Å². The predicted octanol–water partition coefficient (Wildman–Crippen LogP) is 7.36. The Morgan fingerprint density at radius 2 is 1.51 bits per heavy atom.